The Morgan fingerprint density at radius 2 is 1.56 bits per heavy atom. The van der Waals surface area contributed by atoms with Crippen molar-refractivity contribution in [3.8, 4) is 0 Å². The second-order valence-electron chi connectivity index (χ2n) is 10.9. The van der Waals surface area contributed by atoms with Gasteiger partial charge in [-0.2, -0.15) is 0 Å². The maximum absolute atomic E-state index is 13.5. The van der Waals surface area contributed by atoms with Gasteiger partial charge in [0.1, 0.15) is 0 Å². The van der Waals surface area contributed by atoms with Crippen LogP contribution in [0.25, 0.3) is 0 Å². The van der Waals surface area contributed by atoms with E-state index < -0.39 is 10.8 Å². The van der Waals surface area contributed by atoms with E-state index in [1.54, 1.807) is 0 Å². The molecule has 1 aliphatic heterocycles. The summed E-state index contributed by atoms with van der Waals surface area (Å²) in [5.74, 6) is 0.281. The number of rotatable bonds is 2. The zero-order valence-corrected chi connectivity index (χ0v) is 18.3. The fraction of sp³-hybridized carbons (Fsp3) is 0.900. The molecule has 4 nitrogen and oxygen atoms in total. The first-order valence-corrected chi connectivity index (χ1v) is 10.5. The number of carbonyl (C=O) groups excluding carboxylic acids is 2. The predicted molar refractivity (Wildman–Crippen MR) is 103 cm³/mol. The topological polar surface area (TPSA) is 62.8 Å². The van der Waals surface area contributed by atoms with Crippen LogP contribution < -0.4 is 10.6 Å². The van der Waals surface area contributed by atoms with Crippen molar-refractivity contribution in [3.63, 3.8) is 0 Å². The third-order valence-electron chi connectivity index (χ3n) is 7.79. The van der Waals surface area contributed by atoms with Crippen molar-refractivity contribution in [1.82, 2.24) is 5.32 Å². The lowest BCUT2D eigenvalue weighted by Crippen LogP contribution is -3.06. The Morgan fingerprint density at radius 3 is 2.00 bits per heavy atom. The van der Waals surface area contributed by atoms with Crippen LogP contribution in [-0.4, -0.2) is 33.6 Å². The van der Waals surface area contributed by atoms with Gasteiger partial charge < -0.3 is 10.6 Å². The molecule has 3 rings (SSSR count). The van der Waals surface area contributed by atoms with Crippen molar-refractivity contribution < 1.29 is 14.9 Å². The number of carbonyl (C=O) groups is 2. The first-order valence-electron chi connectivity index (χ1n) is 9.55. The highest BCUT2D eigenvalue weighted by Gasteiger charge is 2.76. The molecule has 0 spiro atoms. The van der Waals surface area contributed by atoms with E-state index in [0.29, 0.717) is 0 Å². The number of Topliss-reactive ketones (excluding diaryl/α,β-unsaturated/α-hetero) is 1. The Balaban J connectivity index is 1.88. The minimum absolute atomic E-state index is 0.0763. The summed E-state index contributed by atoms with van der Waals surface area (Å²) in [6.07, 6.45) is 3.51. The zero-order chi connectivity index (χ0) is 19.1. The van der Waals surface area contributed by atoms with Gasteiger partial charge in [-0.15, -0.1) is 0 Å². The number of hydrogen-bond donors (Lipinski definition) is 2. The van der Waals surface area contributed by atoms with Crippen LogP contribution in [0.15, 0.2) is 0 Å². The fourth-order valence-electron chi connectivity index (χ4n) is 6.39. The van der Waals surface area contributed by atoms with Gasteiger partial charge in [-0.05, 0) is 46.0 Å². The quantitative estimate of drug-likeness (QED) is 0.683. The van der Waals surface area contributed by atoms with E-state index >= 15 is 0 Å². The van der Waals surface area contributed by atoms with Crippen LogP contribution in [0, 0.1) is 16.2 Å². The van der Waals surface area contributed by atoms with E-state index in [1.807, 2.05) is 6.92 Å². The van der Waals surface area contributed by atoms with Crippen LogP contribution in [0.1, 0.15) is 74.1 Å². The molecule has 1 heterocycles. The molecule has 25 heavy (non-hydrogen) atoms. The number of nitrogens with two attached hydrogens (primary N) is 1. The van der Waals surface area contributed by atoms with Gasteiger partial charge in [0.05, 0.1) is 21.3 Å². The molecule has 3 fully saturated rings. The Labute approximate surface area is 160 Å². The summed E-state index contributed by atoms with van der Waals surface area (Å²) in [4.78, 5) is 26.0. The molecule has 1 amide bonds. The standard InChI is InChI=1S/C20H33BrN2O2/c1-16(2)10-12(11-17(3,4)23-16)22-15(25)20-9-8-19(7,18(20,5)6)14(24)13(20)21/h12-13,23H,8-11H2,1-7H3,(H,22,25)/p+1/t13-,19-,20+/m1/s1. The Hall–Kier alpha value is -0.420. The number of hydrogen-bond acceptors (Lipinski definition) is 2. The van der Waals surface area contributed by atoms with Crippen LogP contribution in [0.2, 0.25) is 0 Å². The van der Waals surface area contributed by atoms with Crippen LogP contribution in [-0.2, 0) is 9.59 Å². The van der Waals surface area contributed by atoms with Crippen LogP contribution in [0.5, 0.6) is 0 Å². The number of halogens is 1. The fourth-order valence-corrected chi connectivity index (χ4v) is 7.90. The van der Waals surface area contributed by atoms with Crippen molar-refractivity contribution in [3.05, 3.63) is 0 Å². The molecule has 3 N–H and O–H groups in total. The number of alkyl halides is 1. The Morgan fingerprint density at radius 1 is 1.04 bits per heavy atom. The molecule has 3 aliphatic rings. The number of piperidine rings is 1. The third-order valence-corrected chi connectivity index (χ3v) is 8.99. The van der Waals surface area contributed by atoms with Crippen molar-refractivity contribution in [2.75, 3.05) is 0 Å². The Bertz CT molecular complexity index is 611. The van der Waals surface area contributed by atoms with Gasteiger partial charge in [-0.1, -0.05) is 36.7 Å². The van der Waals surface area contributed by atoms with Crippen LogP contribution >= 0.6 is 15.9 Å². The lowest BCUT2D eigenvalue weighted by atomic mass is 9.64. The lowest BCUT2D eigenvalue weighted by Gasteiger charge is -2.45. The average Bonchev–Trinajstić information content (AvgIpc) is 2.67. The molecule has 1 saturated heterocycles. The minimum atomic E-state index is -0.631. The predicted octanol–water partition coefficient (Wildman–Crippen LogP) is 2.54. The monoisotopic (exact) mass is 413 g/mol. The molecule has 0 aromatic rings. The van der Waals surface area contributed by atoms with Crippen LogP contribution in [0.4, 0.5) is 0 Å². The van der Waals surface area contributed by atoms with E-state index in [0.717, 1.165) is 25.7 Å². The lowest BCUT2D eigenvalue weighted by molar-refractivity contribution is -0.788. The molecule has 0 unspecified atom stereocenters. The van der Waals surface area contributed by atoms with E-state index in [-0.39, 0.29) is 39.1 Å². The summed E-state index contributed by atoms with van der Waals surface area (Å²) >= 11 is 3.62. The smallest absolute Gasteiger partial charge is 0.228 e. The molecule has 2 saturated carbocycles. The van der Waals surface area contributed by atoms with E-state index in [4.69, 9.17) is 0 Å². The van der Waals surface area contributed by atoms with Gasteiger partial charge in [0.25, 0.3) is 0 Å². The number of quaternary nitrogens is 1. The van der Waals surface area contributed by atoms with E-state index in [9.17, 15) is 9.59 Å². The van der Waals surface area contributed by atoms with Crippen molar-refractivity contribution >= 4 is 27.6 Å². The molecule has 2 bridgehead atoms. The minimum Gasteiger partial charge on any atom is -0.352 e. The molecule has 5 heteroatoms. The molecule has 2 aliphatic carbocycles. The maximum Gasteiger partial charge on any atom is 0.228 e. The van der Waals surface area contributed by atoms with Gasteiger partial charge in [0.15, 0.2) is 5.78 Å². The first-order chi connectivity index (χ1) is 11.2. The average molecular weight is 414 g/mol. The number of fused-ring (bicyclic) bond motifs is 2. The second-order valence-corrected chi connectivity index (χ2v) is 11.8. The second kappa shape index (κ2) is 5.31. The molecule has 3 atom stereocenters. The highest BCUT2D eigenvalue weighted by atomic mass is 79.9. The normalized spacial score (nSPS) is 41.8. The van der Waals surface area contributed by atoms with Gasteiger partial charge >= 0.3 is 0 Å². The Kier molecular flexibility index (Phi) is 4.11. The number of ketones is 1. The van der Waals surface area contributed by atoms with Crippen molar-refractivity contribution in [1.29, 1.82) is 0 Å². The summed E-state index contributed by atoms with van der Waals surface area (Å²) in [6.45, 7) is 15.3. The summed E-state index contributed by atoms with van der Waals surface area (Å²) in [6, 6.07) is 0.162. The first kappa shape index (κ1) is 19.3. The highest BCUT2D eigenvalue weighted by Crippen LogP contribution is 2.72. The SMILES string of the molecule is CC1(C)CC(NC(=O)[C@]23CC[C@](C)(C(=O)[C@H]2Br)C3(C)C)CC(C)(C)[NH2+]1. The van der Waals surface area contributed by atoms with Gasteiger partial charge in [-0.25, -0.2) is 0 Å². The summed E-state index contributed by atoms with van der Waals surface area (Å²) in [7, 11) is 0. The van der Waals surface area contributed by atoms with Crippen LogP contribution in [0.3, 0.4) is 0 Å². The number of nitrogens with one attached hydrogen (secondary N) is 1. The van der Waals surface area contributed by atoms with Gasteiger partial charge in [0, 0.05) is 24.3 Å². The van der Waals surface area contributed by atoms with E-state index in [1.165, 1.54) is 0 Å². The maximum atomic E-state index is 13.5. The molecular formula is C20H34BrN2O2+. The third kappa shape index (κ3) is 2.48. The molecule has 0 aromatic carbocycles. The summed E-state index contributed by atoms with van der Waals surface area (Å²) in [5.41, 5.74) is -1.15. The molecule has 0 radical (unpaired) electrons. The van der Waals surface area contributed by atoms with Gasteiger partial charge in [-0.3, -0.25) is 9.59 Å². The zero-order valence-electron chi connectivity index (χ0n) is 16.8. The van der Waals surface area contributed by atoms with E-state index in [2.05, 4.69) is 68.1 Å². The van der Waals surface area contributed by atoms with Crippen molar-refractivity contribution in [2.24, 2.45) is 16.2 Å². The molecule has 0 aromatic heterocycles. The number of amides is 1. The summed E-state index contributed by atoms with van der Waals surface area (Å²) in [5, 5.41) is 5.79. The van der Waals surface area contributed by atoms with Crippen molar-refractivity contribution in [2.45, 2.75) is 96.1 Å². The molecular weight excluding hydrogens is 380 g/mol. The summed E-state index contributed by atoms with van der Waals surface area (Å²) < 4.78 is 0. The van der Waals surface area contributed by atoms with Gasteiger partial charge in [0.2, 0.25) is 5.91 Å². The highest BCUT2D eigenvalue weighted by molar-refractivity contribution is 9.10. The molecule has 142 valence electrons. The largest absolute Gasteiger partial charge is 0.352 e.